The summed E-state index contributed by atoms with van der Waals surface area (Å²) in [6, 6.07) is 0.388. The van der Waals surface area contributed by atoms with E-state index < -0.39 is 40.7 Å². The molecule has 1 rings (SSSR count). The van der Waals surface area contributed by atoms with Crippen molar-refractivity contribution in [3.63, 3.8) is 0 Å². The van der Waals surface area contributed by atoms with Gasteiger partial charge in [-0.05, 0) is 18.6 Å². The summed E-state index contributed by atoms with van der Waals surface area (Å²) in [6.07, 6.45) is -3.25. The zero-order valence-electron chi connectivity index (χ0n) is 7.52. The third kappa shape index (κ3) is 1.93. The van der Waals surface area contributed by atoms with Crippen LogP contribution >= 0.6 is 0 Å². The summed E-state index contributed by atoms with van der Waals surface area (Å²) in [7, 11) is 0. The molecule has 1 aromatic rings. The van der Waals surface area contributed by atoms with Crippen molar-refractivity contribution in [2.75, 3.05) is 0 Å². The molecule has 0 saturated carbocycles. The minimum Gasteiger partial charge on any atom is -0.478 e. The normalized spacial score (nSPS) is 10.8. The highest BCUT2D eigenvalue weighted by molar-refractivity contribution is 5.88. The number of benzene rings is 1. The molecule has 1 N–H and O–H groups in total. The van der Waals surface area contributed by atoms with Gasteiger partial charge in [0.15, 0.2) is 0 Å². The molecule has 2 nitrogen and oxygen atoms in total. The fraction of sp³-hybridized carbons (Fsp3) is 0.222. The van der Waals surface area contributed by atoms with Gasteiger partial charge in [0.2, 0.25) is 0 Å². The monoisotopic (exact) mass is 222 g/mol. The van der Waals surface area contributed by atoms with Crippen LogP contribution in [-0.4, -0.2) is 11.1 Å². The molecular formula is C9H6F4O2. The smallest absolute Gasteiger partial charge is 0.338 e. The quantitative estimate of drug-likeness (QED) is 0.781. The largest absolute Gasteiger partial charge is 0.478 e. The van der Waals surface area contributed by atoms with Gasteiger partial charge in [-0.1, -0.05) is 0 Å². The molecule has 1 aromatic carbocycles. The molecule has 0 fully saturated rings. The zero-order chi connectivity index (χ0) is 11.7. The third-order valence-electron chi connectivity index (χ3n) is 1.95. The lowest BCUT2D eigenvalue weighted by Crippen LogP contribution is -2.08. The fourth-order valence-electron chi connectivity index (χ4n) is 1.15. The lowest BCUT2D eigenvalue weighted by molar-refractivity contribution is 0.0689. The predicted molar refractivity (Wildman–Crippen MR) is 43.0 cm³/mol. The number of hydrogen-bond acceptors (Lipinski definition) is 1. The van der Waals surface area contributed by atoms with Crippen LogP contribution in [0.15, 0.2) is 6.07 Å². The van der Waals surface area contributed by atoms with Crippen LogP contribution in [0.25, 0.3) is 0 Å². The van der Waals surface area contributed by atoms with Crippen LogP contribution in [0.4, 0.5) is 17.6 Å². The van der Waals surface area contributed by atoms with Crippen molar-refractivity contribution < 1.29 is 27.5 Å². The van der Waals surface area contributed by atoms with Crippen molar-refractivity contribution in [3.8, 4) is 0 Å². The van der Waals surface area contributed by atoms with E-state index in [0.717, 1.165) is 6.92 Å². The number of halogens is 4. The van der Waals surface area contributed by atoms with E-state index in [1.807, 2.05) is 0 Å². The summed E-state index contributed by atoms with van der Waals surface area (Å²) in [5, 5.41) is 8.44. The van der Waals surface area contributed by atoms with E-state index in [0.29, 0.717) is 6.07 Å². The van der Waals surface area contributed by atoms with Crippen molar-refractivity contribution in [1.82, 2.24) is 0 Å². The minimum absolute atomic E-state index is 0.388. The van der Waals surface area contributed by atoms with E-state index in [1.165, 1.54) is 0 Å². The highest BCUT2D eigenvalue weighted by Gasteiger charge is 2.25. The van der Waals surface area contributed by atoms with Gasteiger partial charge in [0, 0.05) is 0 Å². The van der Waals surface area contributed by atoms with Gasteiger partial charge in [-0.2, -0.15) is 0 Å². The van der Waals surface area contributed by atoms with Crippen molar-refractivity contribution in [1.29, 1.82) is 0 Å². The van der Waals surface area contributed by atoms with E-state index in [1.54, 1.807) is 0 Å². The highest BCUT2D eigenvalue weighted by Crippen LogP contribution is 2.29. The molecule has 0 aliphatic rings. The Bertz CT molecular complexity index is 415. The number of aromatic carboxylic acids is 1. The number of carboxylic acids is 1. The maximum atomic E-state index is 13.2. The van der Waals surface area contributed by atoms with Crippen LogP contribution in [-0.2, 0) is 0 Å². The maximum Gasteiger partial charge on any atom is 0.338 e. The Hall–Kier alpha value is -1.59. The van der Waals surface area contributed by atoms with Gasteiger partial charge in [0.1, 0.15) is 11.6 Å². The molecular weight excluding hydrogens is 216 g/mol. The maximum absolute atomic E-state index is 13.2. The molecule has 0 spiro atoms. The van der Waals surface area contributed by atoms with Crippen molar-refractivity contribution in [3.05, 3.63) is 34.4 Å². The number of alkyl halides is 2. The fourth-order valence-corrected chi connectivity index (χ4v) is 1.15. The van der Waals surface area contributed by atoms with Crippen molar-refractivity contribution in [2.45, 2.75) is 13.3 Å². The first-order chi connectivity index (χ1) is 6.86. The molecule has 0 atom stereocenters. The van der Waals surface area contributed by atoms with Gasteiger partial charge in [-0.15, -0.1) is 0 Å². The third-order valence-corrected chi connectivity index (χ3v) is 1.95. The SMILES string of the molecule is Cc1c(F)cc(C(=O)O)c(F)c1C(F)F. The van der Waals surface area contributed by atoms with Gasteiger partial charge in [-0.25, -0.2) is 22.4 Å². The average molecular weight is 222 g/mol. The Kier molecular flexibility index (Phi) is 2.97. The number of rotatable bonds is 2. The molecule has 0 bridgehead atoms. The van der Waals surface area contributed by atoms with E-state index in [9.17, 15) is 22.4 Å². The molecule has 0 aliphatic heterocycles. The Morgan fingerprint density at radius 2 is 1.93 bits per heavy atom. The van der Waals surface area contributed by atoms with Crippen LogP contribution in [0, 0.1) is 18.6 Å². The average Bonchev–Trinajstić information content (AvgIpc) is 2.10. The van der Waals surface area contributed by atoms with Gasteiger partial charge < -0.3 is 5.11 Å². The highest BCUT2D eigenvalue weighted by atomic mass is 19.3. The molecule has 0 saturated heterocycles. The Balaban J connectivity index is 3.56. The molecule has 0 heterocycles. The van der Waals surface area contributed by atoms with E-state index >= 15 is 0 Å². The van der Waals surface area contributed by atoms with Crippen LogP contribution in [0.5, 0.6) is 0 Å². The second-order valence-electron chi connectivity index (χ2n) is 2.86. The number of carbonyl (C=O) groups is 1. The first-order valence-corrected chi connectivity index (χ1v) is 3.86. The summed E-state index contributed by atoms with van der Waals surface area (Å²) in [5.41, 5.74) is -2.87. The van der Waals surface area contributed by atoms with Crippen molar-refractivity contribution >= 4 is 5.97 Å². The number of carboxylic acid groups (broad SMARTS) is 1. The van der Waals surface area contributed by atoms with Crippen LogP contribution < -0.4 is 0 Å². The van der Waals surface area contributed by atoms with Crippen LogP contribution in [0.3, 0.4) is 0 Å². The number of hydrogen-bond donors (Lipinski definition) is 1. The second kappa shape index (κ2) is 3.88. The summed E-state index contributed by atoms with van der Waals surface area (Å²) < 4.78 is 50.8. The summed E-state index contributed by atoms with van der Waals surface area (Å²) in [4.78, 5) is 10.4. The molecule has 0 radical (unpaired) electrons. The Morgan fingerprint density at radius 3 is 2.33 bits per heavy atom. The zero-order valence-corrected chi connectivity index (χ0v) is 7.52. The van der Waals surface area contributed by atoms with E-state index in [4.69, 9.17) is 5.11 Å². The molecule has 0 aliphatic carbocycles. The summed E-state index contributed by atoms with van der Waals surface area (Å²) in [5.74, 6) is -4.53. The molecule has 0 unspecified atom stereocenters. The van der Waals surface area contributed by atoms with Crippen LogP contribution in [0.1, 0.15) is 27.9 Å². The topological polar surface area (TPSA) is 37.3 Å². The summed E-state index contributed by atoms with van der Waals surface area (Å²) >= 11 is 0. The van der Waals surface area contributed by atoms with E-state index in [-0.39, 0.29) is 0 Å². The molecule has 6 heteroatoms. The lowest BCUT2D eigenvalue weighted by atomic mass is 10.0. The Labute approximate surface area is 82.1 Å². The molecule has 82 valence electrons. The van der Waals surface area contributed by atoms with Gasteiger partial charge in [-0.3, -0.25) is 0 Å². The standard InChI is InChI=1S/C9H6F4O2/c1-3-5(10)2-4(9(14)15)7(11)6(3)8(12)13/h2,8H,1H3,(H,14,15). The van der Waals surface area contributed by atoms with Crippen LogP contribution in [0.2, 0.25) is 0 Å². The summed E-state index contributed by atoms with van der Waals surface area (Å²) in [6.45, 7) is 0.964. The van der Waals surface area contributed by atoms with E-state index in [2.05, 4.69) is 0 Å². The van der Waals surface area contributed by atoms with Crippen molar-refractivity contribution in [2.24, 2.45) is 0 Å². The first kappa shape index (κ1) is 11.5. The second-order valence-corrected chi connectivity index (χ2v) is 2.86. The van der Waals surface area contributed by atoms with Gasteiger partial charge in [0.25, 0.3) is 6.43 Å². The molecule has 0 aromatic heterocycles. The van der Waals surface area contributed by atoms with Gasteiger partial charge in [0.05, 0.1) is 11.1 Å². The minimum atomic E-state index is -3.25. The molecule has 15 heavy (non-hydrogen) atoms. The molecule has 0 amide bonds. The first-order valence-electron chi connectivity index (χ1n) is 3.86. The lowest BCUT2D eigenvalue weighted by Gasteiger charge is -2.09. The predicted octanol–water partition coefficient (Wildman–Crippen LogP) is 2.91. The Morgan fingerprint density at radius 1 is 1.40 bits per heavy atom. The van der Waals surface area contributed by atoms with Gasteiger partial charge >= 0.3 is 5.97 Å².